The number of aryl methyl sites for hydroxylation is 1. The van der Waals surface area contributed by atoms with Crippen molar-refractivity contribution in [1.82, 2.24) is 14.8 Å². The van der Waals surface area contributed by atoms with Crippen LogP contribution in [0.4, 0.5) is 13.2 Å². The summed E-state index contributed by atoms with van der Waals surface area (Å²) in [5, 5.41) is 7.02. The van der Waals surface area contributed by atoms with Gasteiger partial charge in [0, 0.05) is 24.2 Å². The van der Waals surface area contributed by atoms with E-state index in [-0.39, 0.29) is 5.69 Å². The van der Waals surface area contributed by atoms with Crippen molar-refractivity contribution >= 4 is 22.5 Å². The molecular formula is C13H9ClF3N3. The molecule has 0 saturated heterocycles. The normalized spacial score (nSPS) is 12.2. The number of rotatable bonds is 1. The number of hydrogen-bond acceptors (Lipinski definition) is 1. The number of benzene rings is 1. The predicted octanol–water partition coefficient (Wildman–Crippen LogP) is 4.24. The van der Waals surface area contributed by atoms with E-state index in [1.54, 1.807) is 12.1 Å². The summed E-state index contributed by atoms with van der Waals surface area (Å²) < 4.78 is 39.5. The number of H-pyrrole nitrogens is 1. The number of hydrogen-bond donors (Lipinski definition) is 1. The maximum Gasteiger partial charge on any atom is 0.432 e. The highest BCUT2D eigenvalue weighted by Gasteiger charge is 2.33. The summed E-state index contributed by atoms with van der Waals surface area (Å²) in [4.78, 5) is 0. The number of fused-ring (bicyclic) bond motifs is 1. The molecule has 3 rings (SSSR count). The van der Waals surface area contributed by atoms with Gasteiger partial charge in [-0.25, -0.2) is 0 Å². The lowest BCUT2D eigenvalue weighted by Gasteiger charge is -2.03. The first-order chi connectivity index (χ1) is 9.36. The van der Waals surface area contributed by atoms with Crippen LogP contribution in [0.1, 0.15) is 5.69 Å². The second kappa shape index (κ2) is 4.28. The van der Waals surface area contributed by atoms with Gasteiger partial charge in [-0.3, -0.25) is 5.10 Å². The molecule has 0 bridgehead atoms. The molecule has 2 aromatic heterocycles. The van der Waals surface area contributed by atoms with Crippen LogP contribution in [0, 0.1) is 0 Å². The molecule has 0 unspecified atom stereocenters. The zero-order valence-electron chi connectivity index (χ0n) is 10.3. The molecule has 2 heterocycles. The highest BCUT2D eigenvalue weighted by molar-refractivity contribution is 6.35. The number of aromatic amines is 1. The lowest BCUT2D eigenvalue weighted by molar-refractivity contribution is -0.141. The van der Waals surface area contributed by atoms with Gasteiger partial charge in [-0.1, -0.05) is 11.6 Å². The molecule has 0 saturated carbocycles. The van der Waals surface area contributed by atoms with Gasteiger partial charge in [-0.05, 0) is 24.3 Å². The number of nitrogens with zero attached hydrogens (tertiary/aromatic N) is 2. The van der Waals surface area contributed by atoms with Crippen LogP contribution in [0.25, 0.3) is 22.2 Å². The zero-order chi connectivity index (χ0) is 14.5. The summed E-state index contributed by atoms with van der Waals surface area (Å²) >= 11 is 6.17. The molecular weight excluding hydrogens is 291 g/mol. The van der Waals surface area contributed by atoms with E-state index >= 15 is 0 Å². The van der Waals surface area contributed by atoms with Gasteiger partial charge in [-0.2, -0.15) is 18.3 Å². The molecule has 1 aromatic carbocycles. The van der Waals surface area contributed by atoms with Crippen LogP contribution in [0.5, 0.6) is 0 Å². The fourth-order valence-corrected chi connectivity index (χ4v) is 2.51. The third kappa shape index (κ3) is 2.06. The second-order valence-corrected chi connectivity index (χ2v) is 4.89. The molecule has 3 aromatic rings. The highest BCUT2D eigenvalue weighted by Crippen LogP contribution is 2.33. The molecule has 0 fully saturated rings. The number of aromatic nitrogens is 3. The van der Waals surface area contributed by atoms with Crippen LogP contribution in [-0.4, -0.2) is 14.8 Å². The molecule has 0 radical (unpaired) electrons. The summed E-state index contributed by atoms with van der Waals surface area (Å²) in [5.41, 5.74) is 0.712. The largest absolute Gasteiger partial charge is 0.432 e. The Hall–Kier alpha value is -1.95. The molecule has 0 aliphatic carbocycles. The van der Waals surface area contributed by atoms with Crippen molar-refractivity contribution in [3.63, 3.8) is 0 Å². The van der Waals surface area contributed by atoms with Crippen molar-refractivity contribution in [3.05, 3.63) is 41.2 Å². The van der Waals surface area contributed by atoms with Crippen LogP contribution < -0.4 is 0 Å². The van der Waals surface area contributed by atoms with Gasteiger partial charge < -0.3 is 4.57 Å². The third-order valence-corrected chi connectivity index (χ3v) is 3.39. The molecule has 3 nitrogen and oxygen atoms in total. The molecule has 0 aliphatic heterocycles. The van der Waals surface area contributed by atoms with Crippen LogP contribution >= 0.6 is 11.6 Å². The average molecular weight is 300 g/mol. The molecule has 0 atom stereocenters. The Morgan fingerprint density at radius 1 is 1.25 bits per heavy atom. The van der Waals surface area contributed by atoms with E-state index in [1.165, 1.54) is 0 Å². The average Bonchev–Trinajstić information content (AvgIpc) is 2.95. The predicted molar refractivity (Wildman–Crippen MR) is 70.5 cm³/mol. The Labute approximate surface area is 117 Å². The minimum Gasteiger partial charge on any atom is -0.349 e. The molecule has 104 valence electrons. The second-order valence-electron chi connectivity index (χ2n) is 4.49. The molecule has 0 spiro atoms. The van der Waals surface area contributed by atoms with Gasteiger partial charge in [0.25, 0.3) is 0 Å². The van der Waals surface area contributed by atoms with Crippen molar-refractivity contribution in [2.75, 3.05) is 0 Å². The summed E-state index contributed by atoms with van der Waals surface area (Å²) in [6.07, 6.45) is -2.60. The van der Waals surface area contributed by atoms with Crippen molar-refractivity contribution in [2.45, 2.75) is 6.18 Å². The maximum atomic E-state index is 12.6. The van der Waals surface area contributed by atoms with Crippen molar-refractivity contribution < 1.29 is 13.2 Å². The van der Waals surface area contributed by atoms with E-state index in [9.17, 15) is 13.2 Å². The van der Waals surface area contributed by atoms with Crippen LogP contribution in [0.15, 0.2) is 30.5 Å². The Morgan fingerprint density at radius 3 is 2.65 bits per heavy atom. The molecule has 0 aliphatic rings. The molecule has 0 amide bonds. The Kier molecular flexibility index (Phi) is 2.79. The number of halogens is 4. The van der Waals surface area contributed by atoms with Gasteiger partial charge in [0.05, 0.1) is 16.2 Å². The molecule has 1 N–H and O–H groups in total. The Morgan fingerprint density at radius 2 is 2.00 bits per heavy atom. The number of alkyl halides is 3. The fourth-order valence-electron chi connectivity index (χ4n) is 2.15. The Balaban J connectivity index is 2.13. The monoisotopic (exact) mass is 299 g/mol. The highest BCUT2D eigenvalue weighted by atomic mass is 35.5. The SMILES string of the molecule is Cn1ccc2cc(-c3cc(C(F)(F)F)[nH]n3)cc(Cl)c21. The van der Waals surface area contributed by atoms with E-state index in [1.807, 2.05) is 29.0 Å². The summed E-state index contributed by atoms with van der Waals surface area (Å²) in [7, 11) is 1.85. The van der Waals surface area contributed by atoms with E-state index in [0.717, 1.165) is 17.0 Å². The lowest BCUT2D eigenvalue weighted by Crippen LogP contribution is -2.04. The Bertz CT molecular complexity index is 786. The van der Waals surface area contributed by atoms with E-state index in [4.69, 9.17) is 11.6 Å². The first-order valence-electron chi connectivity index (χ1n) is 5.74. The third-order valence-electron chi connectivity index (χ3n) is 3.10. The van der Waals surface area contributed by atoms with Gasteiger partial charge >= 0.3 is 6.18 Å². The first kappa shape index (κ1) is 13.1. The van der Waals surface area contributed by atoms with E-state index in [2.05, 4.69) is 5.10 Å². The smallest absolute Gasteiger partial charge is 0.349 e. The number of nitrogens with one attached hydrogen (secondary N) is 1. The summed E-state index contributed by atoms with van der Waals surface area (Å²) in [6, 6.07) is 6.19. The van der Waals surface area contributed by atoms with Crippen molar-refractivity contribution in [1.29, 1.82) is 0 Å². The minimum atomic E-state index is -4.44. The zero-order valence-corrected chi connectivity index (χ0v) is 11.0. The minimum absolute atomic E-state index is 0.213. The lowest BCUT2D eigenvalue weighted by atomic mass is 10.1. The van der Waals surface area contributed by atoms with E-state index in [0.29, 0.717) is 10.6 Å². The standard InChI is InChI=1S/C13H9ClF3N3/c1-20-3-2-7-4-8(5-9(14)12(7)20)10-6-11(19-18-10)13(15,16)17/h2-6H,1H3,(H,18,19). The van der Waals surface area contributed by atoms with Crippen LogP contribution in [0.3, 0.4) is 0 Å². The van der Waals surface area contributed by atoms with Crippen LogP contribution in [0.2, 0.25) is 5.02 Å². The van der Waals surface area contributed by atoms with Crippen molar-refractivity contribution in [3.8, 4) is 11.3 Å². The van der Waals surface area contributed by atoms with Gasteiger partial charge in [0.1, 0.15) is 5.69 Å². The summed E-state index contributed by atoms with van der Waals surface area (Å²) in [6.45, 7) is 0. The van der Waals surface area contributed by atoms with Crippen molar-refractivity contribution in [2.24, 2.45) is 7.05 Å². The van der Waals surface area contributed by atoms with Gasteiger partial charge in [0.15, 0.2) is 0 Å². The quantitative estimate of drug-likeness (QED) is 0.716. The maximum absolute atomic E-state index is 12.6. The first-order valence-corrected chi connectivity index (χ1v) is 6.11. The van der Waals surface area contributed by atoms with Crippen LogP contribution in [-0.2, 0) is 13.2 Å². The van der Waals surface area contributed by atoms with E-state index < -0.39 is 11.9 Å². The molecule has 20 heavy (non-hydrogen) atoms. The van der Waals surface area contributed by atoms with Gasteiger partial charge in [-0.15, -0.1) is 0 Å². The molecule has 7 heteroatoms. The summed E-state index contributed by atoms with van der Waals surface area (Å²) in [5.74, 6) is 0. The topological polar surface area (TPSA) is 33.6 Å². The van der Waals surface area contributed by atoms with Gasteiger partial charge in [0.2, 0.25) is 0 Å². The fraction of sp³-hybridized carbons (Fsp3) is 0.154.